The Morgan fingerprint density at radius 3 is 2.52 bits per heavy atom. The molecule has 5 nitrogen and oxygen atoms in total. The Morgan fingerprint density at radius 2 is 1.78 bits per heavy atom. The van der Waals surface area contributed by atoms with Crippen molar-refractivity contribution < 1.29 is 0 Å². The summed E-state index contributed by atoms with van der Waals surface area (Å²) < 4.78 is 1.98. The third-order valence-corrected chi connectivity index (χ3v) is 6.48. The molecule has 0 N–H and O–H groups in total. The Balaban J connectivity index is 1.45. The lowest BCUT2D eigenvalue weighted by molar-refractivity contribution is 0.265. The number of anilines is 1. The first-order valence-electron chi connectivity index (χ1n) is 11.0. The van der Waals surface area contributed by atoms with Crippen molar-refractivity contribution in [3.05, 3.63) is 17.8 Å². The molecule has 1 atom stereocenters. The van der Waals surface area contributed by atoms with Crippen LogP contribution in [0.3, 0.4) is 0 Å². The van der Waals surface area contributed by atoms with E-state index in [1.165, 1.54) is 75.5 Å². The molecule has 0 unspecified atom stereocenters. The van der Waals surface area contributed by atoms with E-state index in [1.807, 2.05) is 11.7 Å². The van der Waals surface area contributed by atoms with Gasteiger partial charge >= 0.3 is 0 Å². The van der Waals surface area contributed by atoms with Gasteiger partial charge in [-0.05, 0) is 70.7 Å². The van der Waals surface area contributed by atoms with E-state index in [0.29, 0.717) is 0 Å². The molecule has 0 aromatic carbocycles. The Hall–Kier alpha value is -1.62. The molecule has 27 heavy (non-hydrogen) atoms. The first-order valence-corrected chi connectivity index (χ1v) is 11.0. The van der Waals surface area contributed by atoms with Gasteiger partial charge in [-0.15, -0.1) is 0 Å². The second kappa shape index (κ2) is 8.59. The first-order chi connectivity index (χ1) is 13.2. The highest BCUT2D eigenvalue weighted by molar-refractivity contribution is 5.80. The average Bonchev–Trinajstić information content (AvgIpc) is 3.18. The van der Waals surface area contributed by atoms with Crippen LogP contribution in [0.2, 0.25) is 0 Å². The zero-order chi connectivity index (χ0) is 18.6. The highest BCUT2D eigenvalue weighted by Gasteiger charge is 2.20. The van der Waals surface area contributed by atoms with Gasteiger partial charge in [-0.2, -0.15) is 5.10 Å². The van der Waals surface area contributed by atoms with Crippen LogP contribution in [0.15, 0.2) is 12.1 Å². The fraction of sp³-hybridized carbons (Fsp3) is 0.727. The van der Waals surface area contributed by atoms with Crippen LogP contribution in [0, 0.1) is 0 Å². The summed E-state index contributed by atoms with van der Waals surface area (Å²) in [6.45, 7) is 7.09. The van der Waals surface area contributed by atoms with Crippen molar-refractivity contribution in [1.82, 2.24) is 19.7 Å². The summed E-state index contributed by atoms with van der Waals surface area (Å²) in [6.07, 6.45) is 11.6. The van der Waals surface area contributed by atoms with Gasteiger partial charge in [0.2, 0.25) is 0 Å². The van der Waals surface area contributed by atoms with Crippen LogP contribution < -0.4 is 4.90 Å². The summed E-state index contributed by atoms with van der Waals surface area (Å²) >= 11 is 0. The number of likely N-dealkylation sites (tertiary alicyclic amines) is 1. The lowest BCUT2D eigenvalue weighted by Crippen LogP contribution is -2.28. The SMILES string of the molecule is C[C@@H]1CCCN1CCCc1nn(C)c2nc(N3CCCCCCC3)ccc12. The van der Waals surface area contributed by atoms with Gasteiger partial charge in [0.05, 0.1) is 5.69 Å². The fourth-order valence-electron chi connectivity index (χ4n) is 4.80. The van der Waals surface area contributed by atoms with E-state index in [2.05, 4.69) is 28.9 Å². The number of hydrogen-bond acceptors (Lipinski definition) is 4. The molecule has 2 aromatic rings. The molecular weight excluding hydrogens is 334 g/mol. The number of fused-ring (bicyclic) bond motifs is 1. The van der Waals surface area contributed by atoms with Crippen molar-refractivity contribution in [2.75, 3.05) is 31.1 Å². The van der Waals surface area contributed by atoms with Crippen molar-refractivity contribution in [3.63, 3.8) is 0 Å². The molecule has 2 fully saturated rings. The Labute approximate surface area is 163 Å². The maximum absolute atomic E-state index is 5.00. The van der Waals surface area contributed by atoms with E-state index in [4.69, 9.17) is 10.1 Å². The third-order valence-electron chi connectivity index (χ3n) is 6.48. The van der Waals surface area contributed by atoms with Crippen molar-refractivity contribution >= 4 is 16.9 Å². The first kappa shape index (κ1) is 18.7. The number of pyridine rings is 1. The summed E-state index contributed by atoms with van der Waals surface area (Å²) in [5, 5.41) is 6.05. The Bertz CT molecular complexity index is 744. The van der Waals surface area contributed by atoms with Crippen LogP contribution in [0.1, 0.15) is 64.0 Å². The van der Waals surface area contributed by atoms with Crippen molar-refractivity contribution in [2.24, 2.45) is 7.05 Å². The van der Waals surface area contributed by atoms with Crippen LogP contribution in [0.4, 0.5) is 5.82 Å². The number of aryl methyl sites for hydroxylation is 2. The van der Waals surface area contributed by atoms with Crippen molar-refractivity contribution in [1.29, 1.82) is 0 Å². The summed E-state index contributed by atoms with van der Waals surface area (Å²) in [5.74, 6) is 1.13. The van der Waals surface area contributed by atoms with Crippen LogP contribution in [0.5, 0.6) is 0 Å². The second-order valence-electron chi connectivity index (χ2n) is 8.50. The minimum atomic E-state index is 0.757. The van der Waals surface area contributed by atoms with Crippen molar-refractivity contribution in [3.8, 4) is 0 Å². The molecule has 0 amide bonds. The molecule has 2 saturated heterocycles. The zero-order valence-corrected chi connectivity index (χ0v) is 17.2. The monoisotopic (exact) mass is 369 g/mol. The predicted octanol–water partition coefficient (Wildman–Crippen LogP) is 4.16. The smallest absolute Gasteiger partial charge is 0.160 e. The topological polar surface area (TPSA) is 37.2 Å². The minimum absolute atomic E-state index is 0.757. The highest BCUT2D eigenvalue weighted by Crippen LogP contribution is 2.24. The molecule has 2 aromatic heterocycles. The van der Waals surface area contributed by atoms with Gasteiger partial charge in [-0.25, -0.2) is 4.98 Å². The quantitative estimate of drug-likeness (QED) is 0.793. The number of rotatable bonds is 5. The van der Waals surface area contributed by atoms with Crippen LogP contribution in [0.25, 0.3) is 11.0 Å². The molecule has 0 bridgehead atoms. The largest absolute Gasteiger partial charge is 0.357 e. The standard InChI is InChI=1S/C22H35N5/c1-18-10-8-16-26(18)17-9-11-20-19-12-13-21(23-22(19)25(2)24-20)27-14-6-4-3-5-7-15-27/h12-13,18H,3-11,14-17H2,1-2H3/t18-/m1/s1. The molecule has 148 valence electrons. The van der Waals surface area contributed by atoms with E-state index >= 15 is 0 Å². The molecule has 0 aliphatic carbocycles. The van der Waals surface area contributed by atoms with Gasteiger partial charge in [0.15, 0.2) is 5.65 Å². The summed E-state index contributed by atoms with van der Waals surface area (Å²) in [4.78, 5) is 10.1. The lowest BCUT2D eigenvalue weighted by Gasteiger charge is -2.25. The fourth-order valence-corrected chi connectivity index (χ4v) is 4.80. The molecular formula is C22H35N5. The van der Waals surface area contributed by atoms with Gasteiger partial charge in [0, 0.05) is 31.6 Å². The number of aromatic nitrogens is 3. The van der Waals surface area contributed by atoms with Crippen molar-refractivity contribution in [2.45, 2.75) is 70.8 Å². The van der Waals surface area contributed by atoms with Gasteiger partial charge in [0.1, 0.15) is 5.82 Å². The number of hydrogen-bond donors (Lipinski definition) is 0. The summed E-state index contributed by atoms with van der Waals surface area (Å²) in [5.41, 5.74) is 2.25. The molecule has 0 radical (unpaired) electrons. The van der Waals surface area contributed by atoms with E-state index in [9.17, 15) is 0 Å². The highest BCUT2D eigenvalue weighted by atomic mass is 15.3. The lowest BCUT2D eigenvalue weighted by atomic mass is 10.1. The van der Waals surface area contributed by atoms with Gasteiger partial charge < -0.3 is 9.80 Å². The number of nitrogens with zero attached hydrogens (tertiary/aromatic N) is 5. The Morgan fingerprint density at radius 1 is 1.00 bits per heavy atom. The Kier molecular flexibility index (Phi) is 5.96. The molecule has 0 spiro atoms. The molecule has 4 rings (SSSR count). The maximum Gasteiger partial charge on any atom is 0.160 e. The normalized spacial score (nSPS) is 22.3. The van der Waals surface area contributed by atoms with E-state index in [-0.39, 0.29) is 0 Å². The molecule has 4 heterocycles. The summed E-state index contributed by atoms with van der Waals surface area (Å²) in [6, 6.07) is 5.24. The average molecular weight is 370 g/mol. The van der Waals surface area contributed by atoms with Gasteiger partial charge in [0.25, 0.3) is 0 Å². The maximum atomic E-state index is 5.00. The van der Waals surface area contributed by atoms with Crippen LogP contribution >= 0.6 is 0 Å². The van der Waals surface area contributed by atoms with Gasteiger partial charge in [-0.3, -0.25) is 4.68 Å². The van der Waals surface area contributed by atoms with Gasteiger partial charge in [-0.1, -0.05) is 19.3 Å². The molecule has 5 heteroatoms. The third kappa shape index (κ3) is 4.29. The van der Waals surface area contributed by atoms with E-state index < -0.39 is 0 Å². The van der Waals surface area contributed by atoms with E-state index in [0.717, 1.165) is 37.0 Å². The molecule has 2 aliphatic rings. The molecule has 0 saturated carbocycles. The van der Waals surface area contributed by atoms with Crippen LogP contribution in [-0.2, 0) is 13.5 Å². The van der Waals surface area contributed by atoms with Crippen LogP contribution in [-0.4, -0.2) is 51.9 Å². The second-order valence-corrected chi connectivity index (χ2v) is 8.50. The van der Waals surface area contributed by atoms with E-state index in [1.54, 1.807) is 0 Å². The summed E-state index contributed by atoms with van der Waals surface area (Å²) in [7, 11) is 2.04. The zero-order valence-electron chi connectivity index (χ0n) is 17.2. The minimum Gasteiger partial charge on any atom is -0.357 e. The molecule has 2 aliphatic heterocycles. The predicted molar refractivity (Wildman–Crippen MR) is 112 cm³/mol.